The number of aryl methyl sites for hydroxylation is 1. The minimum atomic E-state index is 0.00933. The van der Waals surface area contributed by atoms with Crippen molar-refractivity contribution in [3.8, 4) is 0 Å². The first-order valence-corrected chi connectivity index (χ1v) is 9.03. The molecule has 0 aliphatic heterocycles. The van der Waals surface area contributed by atoms with Crippen molar-refractivity contribution in [2.45, 2.75) is 18.6 Å². The van der Waals surface area contributed by atoms with Crippen LogP contribution in [-0.4, -0.2) is 38.0 Å². The molecule has 2 aromatic rings. The Morgan fingerprint density at radius 3 is 2.91 bits per heavy atom. The summed E-state index contributed by atoms with van der Waals surface area (Å²) in [4.78, 5) is 15.3. The van der Waals surface area contributed by atoms with E-state index in [-0.39, 0.29) is 11.7 Å². The molecule has 9 heteroatoms. The fraction of sp³-hybridized carbons (Fsp3) is 0.308. The second-order valence-electron chi connectivity index (χ2n) is 4.46. The van der Waals surface area contributed by atoms with Gasteiger partial charge >= 0.3 is 0 Å². The Balaban J connectivity index is 1.97. The average molecular weight is 402 g/mol. The minimum Gasteiger partial charge on any atom is -0.336 e. The molecule has 0 spiro atoms. The first-order chi connectivity index (χ1) is 10.5. The number of aromatic nitrogens is 3. The molecule has 2 N–H and O–H groups in total. The molecule has 0 saturated carbocycles. The van der Waals surface area contributed by atoms with Crippen molar-refractivity contribution < 1.29 is 4.79 Å². The SMILES string of the molecule is C=CCN(Cc1ccc(Br)s1)C(=O)CSc1nnc(C)n1N. The molecule has 6 nitrogen and oxygen atoms in total. The van der Waals surface area contributed by atoms with Crippen molar-refractivity contribution >= 4 is 44.9 Å². The molecule has 0 bridgehead atoms. The molecule has 0 saturated heterocycles. The highest BCUT2D eigenvalue weighted by Gasteiger charge is 2.16. The number of nitrogens with two attached hydrogens (primary N) is 1. The van der Waals surface area contributed by atoms with Crippen LogP contribution in [0.15, 0.2) is 33.7 Å². The van der Waals surface area contributed by atoms with Gasteiger partial charge in [0, 0.05) is 11.4 Å². The highest BCUT2D eigenvalue weighted by atomic mass is 79.9. The first kappa shape index (κ1) is 17.0. The minimum absolute atomic E-state index is 0.00933. The smallest absolute Gasteiger partial charge is 0.233 e. The molecule has 2 aromatic heterocycles. The summed E-state index contributed by atoms with van der Waals surface area (Å²) in [5.41, 5.74) is 0. The first-order valence-electron chi connectivity index (χ1n) is 6.44. The number of nitrogens with zero attached hydrogens (tertiary/aromatic N) is 4. The van der Waals surface area contributed by atoms with Gasteiger partial charge in [0.25, 0.3) is 0 Å². The third kappa shape index (κ3) is 4.34. The van der Waals surface area contributed by atoms with Crippen molar-refractivity contribution in [3.05, 3.63) is 39.3 Å². The number of hydrogen-bond acceptors (Lipinski definition) is 6. The highest BCUT2D eigenvalue weighted by molar-refractivity contribution is 9.11. The summed E-state index contributed by atoms with van der Waals surface area (Å²) in [5, 5.41) is 8.33. The van der Waals surface area contributed by atoms with Gasteiger partial charge in [0.15, 0.2) is 0 Å². The number of nitrogen functional groups attached to an aromatic ring is 1. The Bertz CT molecular complexity index is 669. The van der Waals surface area contributed by atoms with Gasteiger partial charge in [-0.1, -0.05) is 17.8 Å². The lowest BCUT2D eigenvalue weighted by Gasteiger charge is -2.20. The van der Waals surface area contributed by atoms with Crippen molar-refractivity contribution in [2.75, 3.05) is 18.1 Å². The van der Waals surface area contributed by atoms with Crippen molar-refractivity contribution in [1.29, 1.82) is 0 Å². The molecular formula is C13H16BrN5OS2. The molecule has 2 rings (SSSR count). The summed E-state index contributed by atoms with van der Waals surface area (Å²) in [6.45, 7) is 6.54. The Labute approximate surface area is 145 Å². The summed E-state index contributed by atoms with van der Waals surface area (Å²) < 4.78 is 2.43. The predicted octanol–water partition coefficient (Wildman–Crippen LogP) is 2.43. The lowest BCUT2D eigenvalue weighted by atomic mass is 10.4. The fourth-order valence-electron chi connectivity index (χ4n) is 1.70. The van der Waals surface area contributed by atoms with E-state index >= 15 is 0 Å². The number of thiophene rings is 1. The van der Waals surface area contributed by atoms with Crippen LogP contribution in [-0.2, 0) is 11.3 Å². The molecule has 0 fully saturated rings. The van der Waals surface area contributed by atoms with E-state index in [1.807, 2.05) is 12.1 Å². The van der Waals surface area contributed by atoms with Crippen LogP contribution in [0.2, 0.25) is 0 Å². The van der Waals surface area contributed by atoms with Gasteiger partial charge in [-0.25, -0.2) is 4.68 Å². The monoisotopic (exact) mass is 401 g/mol. The van der Waals surface area contributed by atoms with Crippen LogP contribution in [0.25, 0.3) is 0 Å². The van der Waals surface area contributed by atoms with Crippen LogP contribution >= 0.6 is 39.0 Å². The van der Waals surface area contributed by atoms with Crippen molar-refractivity contribution in [2.24, 2.45) is 0 Å². The quantitative estimate of drug-likeness (QED) is 0.437. The maximum atomic E-state index is 12.4. The van der Waals surface area contributed by atoms with Gasteiger partial charge < -0.3 is 10.7 Å². The Morgan fingerprint density at radius 1 is 1.59 bits per heavy atom. The molecule has 0 aliphatic carbocycles. The Morgan fingerprint density at radius 2 is 2.36 bits per heavy atom. The topological polar surface area (TPSA) is 77.0 Å². The number of halogens is 1. The lowest BCUT2D eigenvalue weighted by Crippen LogP contribution is -2.32. The van der Waals surface area contributed by atoms with Gasteiger partial charge in [-0.3, -0.25) is 4.79 Å². The number of rotatable bonds is 7. The second-order valence-corrected chi connectivity index (χ2v) is 7.95. The van der Waals surface area contributed by atoms with E-state index in [9.17, 15) is 4.79 Å². The van der Waals surface area contributed by atoms with E-state index in [1.54, 1.807) is 29.2 Å². The molecule has 0 unspecified atom stereocenters. The largest absolute Gasteiger partial charge is 0.336 e. The molecule has 0 radical (unpaired) electrons. The van der Waals surface area contributed by atoms with E-state index in [0.29, 0.717) is 24.1 Å². The summed E-state index contributed by atoms with van der Waals surface area (Å²) >= 11 is 6.32. The summed E-state index contributed by atoms with van der Waals surface area (Å²) in [7, 11) is 0. The number of amides is 1. The van der Waals surface area contributed by atoms with Gasteiger partial charge in [-0.05, 0) is 35.0 Å². The highest BCUT2D eigenvalue weighted by Crippen LogP contribution is 2.24. The van der Waals surface area contributed by atoms with Crippen LogP contribution in [0.4, 0.5) is 0 Å². The van der Waals surface area contributed by atoms with Crippen LogP contribution in [0.3, 0.4) is 0 Å². The van der Waals surface area contributed by atoms with E-state index in [2.05, 4.69) is 32.7 Å². The van der Waals surface area contributed by atoms with Crippen molar-refractivity contribution in [1.82, 2.24) is 19.8 Å². The van der Waals surface area contributed by atoms with Crippen molar-refractivity contribution in [3.63, 3.8) is 0 Å². The maximum Gasteiger partial charge on any atom is 0.233 e. The Kier molecular flexibility index (Phi) is 6.04. The number of thioether (sulfide) groups is 1. The number of carbonyl (C=O) groups is 1. The fourth-order valence-corrected chi connectivity index (χ4v) is 4.00. The zero-order chi connectivity index (χ0) is 16.1. The predicted molar refractivity (Wildman–Crippen MR) is 93.3 cm³/mol. The zero-order valence-corrected chi connectivity index (χ0v) is 15.2. The van der Waals surface area contributed by atoms with Gasteiger partial charge in [0.2, 0.25) is 11.1 Å². The van der Waals surface area contributed by atoms with Gasteiger partial charge in [0.05, 0.1) is 16.1 Å². The van der Waals surface area contributed by atoms with Crippen LogP contribution in [0.1, 0.15) is 10.7 Å². The van der Waals surface area contributed by atoms with Crippen LogP contribution in [0.5, 0.6) is 0 Å². The Hall–Kier alpha value is -1.32. The molecule has 118 valence electrons. The molecule has 22 heavy (non-hydrogen) atoms. The summed E-state index contributed by atoms with van der Waals surface area (Å²) in [6.07, 6.45) is 1.72. The second kappa shape index (κ2) is 7.80. The van der Waals surface area contributed by atoms with Gasteiger partial charge in [0.1, 0.15) is 5.82 Å². The summed E-state index contributed by atoms with van der Waals surface area (Å²) in [6, 6.07) is 3.98. The standard InChI is InChI=1S/C13H16BrN5OS2/c1-3-6-18(7-10-4-5-11(14)22-10)12(20)8-21-13-17-16-9(2)19(13)15/h3-5H,1,6-8,15H2,2H3. The molecule has 0 atom stereocenters. The van der Waals surface area contributed by atoms with E-state index in [4.69, 9.17) is 5.84 Å². The van der Waals surface area contributed by atoms with E-state index in [0.717, 1.165) is 8.66 Å². The third-order valence-corrected chi connectivity index (χ3v) is 5.37. The molecule has 2 heterocycles. The lowest BCUT2D eigenvalue weighted by molar-refractivity contribution is -0.128. The van der Waals surface area contributed by atoms with E-state index < -0.39 is 0 Å². The van der Waals surface area contributed by atoms with E-state index in [1.165, 1.54) is 16.4 Å². The van der Waals surface area contributed by atoms with Gasteiger partial charge in [-0.15, -0.1) is 28.1 Å². The van der Waals surface area contributed by atoms with Crippen LogP contribution in [0, 0.1) is 6.92 Å². The maximum absolute atomic E-state index is 12.4. The van der Waals surface area contributed by atoms with Crippen LogP contribution < -0.4 is 5.84 Å². The molecule has 1 amide bonds. The van der Waals surface area contributed by atoms with Gasteiger partial charge in [-0.2, -0.15) is 0 Å². The third-order valence-electron chi connectivity index (χ3n) is 2.84. The molecule has 0 aliphatic rings. The zero-order valence-electron chi connectivity index (χ0n) is 12.0. The average Bonchev–Trinajstić information content (AvgIpc) is 3.03. The molecule has 0 aromatic carbocycles. The normalized spacial score (nSPS) is 10.6. The number of hydrogen-bond donors (Lipinski definition) is 1. The summed E-state index contributed by atoms with van der Waals surface area (Å²) in [5.74, 6) is 6.66. The molecular weight excluding hydrogens is 386 g/mol. The number of carbonyl (C=O) groups excluding carboxylic acids is 1.